The van der Waals surface area contributed by atoms with Gasteiger partial charge in [0.2, 0.25) is 0 Å². The van der Waals surface area contributed by atoms with E-state index in [0.717, 1.165) is 11.1 Å². The second-order valence-electron chi connectivity index (χ2n) is 3.75. The zero-order valence-corrected chi connectivity index (χ0v) is 10.6. The number of methoxy groups -OCH3 is 1. The van der Waals surface area contributed by atoms with Crippen LogP contribution < -0.4 is 0 Å². The Hall–Kier alpha value is -2.17. The Morgan fingerprint density at radius 1 is 1.33 bits per heavy atom. The van der Waals surface area contributed by atoms with E-state index in [-0.39, 0.29) is 11.7 Å². The summed E-state index contributed by atoms with van der Waals surface area (Å²) in [4.78, 5) is 21.6. The van der Waals surface area contributed by atoms with Crippen molar-refractivity contribution in [2.45, 2.75) is 20.3 Å². The number of ether oxygens (including phenoxy) is 1. The molecule has 1 aromatic rings. The molecule has 0 spiro atoms. The summed E-state index contributed by atoms with van der Waals surface area (Å²) in [6.45, 7) is 3.61. The van der Waals surface area contributed by atoms with Gasteiger partial charge in [0, 0.05) is 17.7 Å². The van der Waals surface area contributed by atoms with E-state index in [9.17, 15) is 14.9 Å². The van der Waals surface area contributed by atoms with Gasteiger partial charge in [-0.3, -0.25) is 10.1 Å². The molecule has 1 aromatic carbocycles. The van der Waals surface area contributed by atoms with Gasteiger partial charge in [-0.1, -0.05) is 6.92 Å². The standard InChI is InChI=1S/C13H15NO4/c1-4-12(9(2)13(15)18-3)10-5-7-11(8-6-10)14(16)17/h5-8H,4H2,1-3H3/b12-9+. The first-order valence-corrected chi connectivity index (χ1v) is 5.54. The van der Waals surface area contributed by atoms with Crippen LogP contribution in [0.4, 0.5) is 5.69 Å². The van der Waals surface area contributed by atoms with E-state index in [0.29, 0.717) is 12.0 Å². The van der Waals surface area contributed by atoms with Gasteiger partial charge in [0.15, 0.2) is 0 Å². The molecule has 0 unspecified atom stereocenters. The van der Waals surface area contributed by atoms with Gasteiger partial charge < -0.3 is 4.74 Å². The van der Waals surface area contributed by atoms with E-state index in [1.807, 2.05) is 6.92 Å². The number of allylic oxidation sites excluding steroid dienone is 1. The maximum Gasteiger partial charge on any atom is 0.333 e. The number of rotatable bonds is 4. The maximum absolute atomic E-state index is 11.5. The van der Waals surface area contributed by atoms with Crippen molar-refractivity contribution in [2.24, 2.45) is 0 Å². The highest BCUT2D eigenvalue weighted by atomic mass is 16.6. The fourth-order valence-corrected chi connectivity index (χ4v) is 1.75. The Balaban J connectivity index is 3.17. The largest absolute Gasteiger partial charge is 0.466 e. The molecule has 0 N–H and O–H groups in total. The molecule has 0 atom stereocenters. The third-order valence-corrected chi connectivity index (χ3v) is 2.72. The van der Waals surface area contributed by atoms with Crippen molar-refractivity contribution in [3.8, 4) is 0 Å². The van der Waals surface area contributed by atoms with E-state index >= 15 is 0 Å². The number of nitrogens with zero attached hydrogens (tertiary/aromatic N) is 1. The van der Waals surface area contributed by atoms with Crippen LogP contribution in [0.2, 0.25) is 0 Å². The number of benzene rings is 1. The quantitative estimate of drug-likeness (QED) is 0.356. The summed E-state index contributed by atoms with van der Waals surface area (Å²) in [5.41, 5.74) is 2.18. The van der Waals surface area contributed by atoms with Gasteiger partial charge >= 0.3 is 5.97 Å². The Kier molecular flexibility index (Phi) is 4.59. The van der Waals surface area contributed by atoms with Crippen LogP contribution in [0.1, 0.15) is 25.8 Å². The SMILES string of the molecule is CC/C(=C(/C)C(=O)OC)c1ccc([N+](=O)[O-])cc1. The van der Waals surface area contributed by atoms with E-state index < -0.39 is 4.92 Å². The van der Waals surface area contributed by atoms with Gasteiger partial charge in [-0.2, -0.15) is 0 Å². The minimum absolute atomic E-state index is 0.0323. The van der Waals surface area contributed by atoms with Crippen LogP contribution in [-0.2, 0) is 9.53 Å². The molecule has 0 aliphatic carbocycles. The highest BCUT2D eigenvalue weighted by molar-refractivity contribution is 5.97. The minimum atomic E-state index is -0.452. The summed E-state index contributed by atoms with van der Waals surface area (Å²) < 4.78 is 4.67. The first-order chi connectivity index (χ1) is 8.51. The molecule has 5 nitrogen and oxygen atoms in total. The summed E-state index contributed by atoms with van der Waals surface area (Å²) in [6.07, 6.45) is 0.652. The number of hydrogen-bond acceptors (Lipinski definition) is 4. The molecule has 1 rings (SSSR count). The van der Waals surface area contributed by atoms with Crippen LogP contribution in [0.3, 0.4) is 0 Å². The van der Waals surface area contributed by atoms with Crippen LogP contribution in [0.5, 0.6) is 0 Å². The van der Waals surface area contributed by atoms with Gasteiger partial charge in [0.05, 0.1) is 12.0 Å². The molecule has 0 saturated carbocycles. The van der Waals surface area contributed by atoms with Crippen LogP contribution >= 0.6 is 0 Å². The summed E-state index contributed by atoms with van der Waals surface area (Å²) >= 11 is 0. The van der Waals surface area contributed by atoms with Gasteiger partial charge in [-0.05, 0) is 36.6 Å². The lowest BCUT2D eigenvalue weighted by molar-refractivity contribution is -0.384. The molecule has 18 heavy (non-hydrogen) atoms. The Morgan fingerprint density at radius 3 is 2.28 bits per heavy atom. The molecule has 0 amide bonds. The summed E-state index contributed by atoms with van der Waals surface area (Å²) in [5.74, 6) is -0.384. The van der Waals surface area contributed by atoms with E-state index in [1.165, 1.54) is 19.2 Å². The third-order valence-electron chi connectivity index (χ3n) is 2.72. The number of nitro groups is 1. The van der Waals surface area contributed by atoms with Gasteiger partial charge in [-0.25, -0.2) is 4.79 Å². The van der Waals surface area contributed by atoms with Crippen molar-refractivity contribution in [1.29, 1.82) is 0 Å². The summed E-state index contributed by atoms with van der Waals surface area (Å²) in [7, 11) is 1.33. The second kappa shape index (κ2) is 5.95. The Morgan fingerprint density at radius 2 is 1.89 bits per heavy atom. The number of non-ortho nitro benzene ring substituents is 1. The first kappa shape index (κ1) is 13.9. The van der Waals surface area contributed by atoms with Crippen molar-refractivity contribution in [3.05, 3.63) is 45.5 Å². The normalized spacial score (nSPS) is 11.7. The van der Waals surface area contributed by atoms with Crippen molar-refractivity contribution >= 4 is 17.2 Å². The zero-order chi connectivity index (χ0) is 13.7. The molecule has 0 aromatic heterocycles. The number of carbonyl (C=O) groups excluding carboxylic acids is 1. The molecule has 0 aliphatic rings. The van der Waals surface area contributed by atoms with Crippen LogP contribution in [-0.4, -0.2) is 18.0 Å². The average molecular weight is 249 g/mol. The second-order valence-corrected chi connectivity index (χ2v) is 3.75. The Labute approximate surface area is 105 Å². The molecule has 5 heteroatoms. The Bertz CT molecular complexity index is 488. The molecule has 0 saturated heterocycles. The lowest BCUT2D eigenvalue weighted by atomic mass is 9.98. The highest BCUT2D eigenvalue weighted by Gasteiger charge is 2.12. The van der Waals surface area contributed by atoms with E-state index in [2.05, 4.69) is 4.74 Å². The number of esters is 1. The zero-order valence-electron chi connectivity index (χ0n) is 10.6. The summed E-state index contributed by atoms with van der Waals surface area (Å²) in [5, 5.41) is 10.6. The fraction of sp³-hybridized carbons (Fsp3) is 0.308. The highest BCUT2D eigenvalue weighted by Crippen LogP contribution is 2.24. The molecule has 0 aliphatic heterocycles. The van der Waals surface area contributed by atoms with Crippen LogP contribution in [0, 0.1) is 10.1 Å². The van der Waals surface area contributed by atoms with Gasteiger partial charge in [0.1, 0.15) is 0 Å². The molecule has 0 fully saturated rings. The van der Waals surface area contributed by atoms with E-state index in [4.69, 9.17) is 0 Å². The number of hydrogen-bond donors (Lipinski definition) is 0. The third kappa shape index (κ3) is 2.94. The number of nitro benzene ring substituents is 1. The molecular formula is C13H15NO4. The molecule has 96 valence electrons. The molecule has 0 heterocycles. The maximum atomic E-state index is 11.5. The smallest absolute Gasteiger partial charge is 0.333 e. The van der Waals surface area contributed by atoms with Crippen LogP contribution in [0.15, 0.2) is 29.8 Å². The first-order valence-electron chi connectivity index (χ1n) is 5.54. The van der Waals surface area contributed by atoms with Gasteiger partial charge in [0.25, 0.3) is 5.69 Å². The van der Waals surface area contributed by atoms with Crippen molar-refractivity contribution in [2.75, 3.05) is 7.11 Å². The topological polar surface area (TPSA) is 69.4 Å². The molecular weight excluding hydrogens is 234 g/mol. The van der Waals surface area contributed by atoms with Crippen molar-refractivity contribution in [3.63, 3.8) is 0 Å². The fourth-order valence-electron chi connectivity index (χ4n) is 1.75. The van der Waals surface area contributed by atoms with E-state index in [1.54, 1.807) is 19.1 Å². The number of carbonyl (C=O) groups is 1. The minimum Gasteiger partial charge on any atom is -0.466 e. The van der Waals surface area contributed by atoms with Crippen molar-refractivity contribution < 1.29 is 14.5 Å². The average Bonchev–Trinajstić information content (AvgIpc) is 2.39. The molecule has 0 radical (unpaired) electrons. The summed E-state index contributed by atoms with van der Waals surface area (Å²) in [6, 6.07) is 6.14. The lowest BCUT2D eigenvalue weighted by Crippen LogP contribution is -2.04. The van der Waals surface area contributed by atoms with Crippen LogP contribution in [0.25, 0.3) is 5.57 Å². The molecule has 0 bridgehead atoms. The predicted octanol–water partition coefficient (Wildman–Crippen LogP) is 2.95. The predicted molar refractivity (Wildman–Crippen MR) is 68.0 cm³/mol. The van der Waals surface area contributed by atoms with Gasteiger partial charge in [-0.15, -0.1) is 0 Å². The monoisotopic (exact) mass is 249 g/mol. The lowest BCUT2D eigenvalue weighted by Gasteiger charge is -2.09. The van der Waals surface area contributed by atoms with Crippen molar-refractivity contribution in [1.82, 2.24) is 0 Å².